The van der Waals surface area contributed by atoms with Crippen LogP contribution in [0.25, 0.3) is 0 Å². The molecule has 0 radical (unpaired) electrons. The Hall–Kier alpha value is -0.150. The van der Waals surface area contributed by atoms with Crippen molar-refractivity contribution in [1.29, 1.82) is 0 Å². The van der Waals surface area contributed by atoms with Crippen LogP contribution in [0.4, 0.5) is 4.39 Å². The Kier molecular flexibility index (Phi) is 2.94. The number of hydrogen-bond donors (Lipinski definition) is 1. The average molecular weight is 122 g/mol. The van der Waals surface area contributed by atoms with Gasteiger partial charge in [0.1, 0.15) is 12.3 Å². The molecule has 1 atom stereocenters. The maximum absolute atomic E-state index is 11.6. The van der Waals surface area contributed by atoms with Crippen LogP contribution in [-0.2, 0) is 4.74 Å². The van der Waals surface area contributed by atoms with E-state index in [-0.39, 0.29) is 6.61 Å². The first kappa shape index (κ1) is 7.85. The molecule has 0 rings (SSSR count). The molecule has 1 N–H and O–H groups in total. The second-order valence-electron chi connectivity index (χ2n) is 2.06. The predicted octanol–water partition coefficient (Wildman–Crippen LogP) is 0.353. The number of halogens is 1. The topological polar surface area (TPSA) is 29.5 Å². The van der Waals surface area contributed by atoms with Gasteiger partial charge in [-0.1, -0.05) is 0 Å². The lowest BCUT2D eigenvalue weighted by Crippen LogP contribution is -2.32. The van der Waals surface area contributed by atoms with E-state index in [1.165, 1.54) is 14.0 Å². The van der Waals surface area contributed by atoms with E-state index in [1.54, 1.807) is 0 Å². The Morgan fingerprint density at radius 2 is 2.25 bits per heavy atom. The number of rotatable bonds is 3. The first-order chi connectivity index (χ1) is 3.62. The summed E-state index contributed by atoms with van der Waals surface area (Å²) in [7, 11) is 1.42. The van der Waals surface area contributed by atoms with Crippen LogP contribution in [0.2, 0.25) is 0 Å². The highest BCUT2D eigenvalue weighted by Crippen LogP contribution is 2.02. The molecule has 1 unspecified atom stereocenters. The van der Waals surface area contributed by atoms with Crippen LogP contribution in [0.15, 0.2) is 0 Å². The van der Waals surface area contributed by atoms with Crippen molar-refractivity contribution in [1.82, 2.24) is 0 Å². The molecule has 0 spiro atoms. The summed E-state index contributed by atoms with van der Waals surface area (Å²) in [6, 6.07) is 0. The molecule has 50 valence electrons. The molecular weight excluding hydrogens is 111 g/mol. The summed E-state index contributed by atoms with van der Waals surface area (Å²) in [6.07, 6.45) is 0. The SMILES string of the molecule is COCC(C)(O)CF. The molecule has 0 aliphatic rings. The third-order valence-corrected chi connectivity index (χ3v) is 0.743. The van der Waals surface area contributed by atoms with E-state index >= 15 is 0 Å². The van der Waals surface area contributed by atoms with Crippen LogP contribution in [-0.4, -0.2) is 31.1 Å². The Morgan fingerprint density at radius 3 is 2.38 bits per heavy atom. The van der Waals surface area contributed by atoms with Crippen LogP contribution in [0, 0.1) is 0 Å². The summed E-state index contributed by atoms with van der Waals surface area (Å²) in [5.41, 5.74) is -1.30. The van der Waals surface area contributed by atoms with Crippen molar-refractivity contribution in [2.24, 2.45) is 0 Å². The van der Waals surface area contributed by atoms with Gasteiger partial charge in [-0.3, -0.25) is 0 Å². The van der Waals surface area contributed by atoms with Gasteiger partial charge in [0.25, 0.3) is 0 Å². The van der Waals surface area contributed by atoms with Gasteiger partial charge in [0.05, 0.1) is 6.61 Å². The van der Waals surface area contributed by atoms with Crippen molar-refractivity contribution in [3.63, 3.8) is 0 Å². The van der Waals surface area contributed by atoms with Crippen LogP contribution in [0.3, 0.4) is 0 Å². The molecule has 3 heteroatoms. The number of hydrogen-bond acceptors (Lipinski definition) is 2. The van der Waals surface area contributed by atoms with Crippen molar-refractivity contribution in [2.45, 2.75) is 12.5 Å². The van der Waals surface area contributed by atoms with E-state index in [1.807, 2.05) is 0 Å². The molecule has 0 saturated carbocycles. The van der Waals surface area contributed by atoms with Gasteiger partial charge < -0.3 is 9.84 Å². The summed E-state index contributed by atoms with van der Waals surface area (Å²) in [5, 5.41) is 8.82. The zero-order valence-electron chi connectivity index (χ0n) is 5.15. The Labute approximate surface area is 48.3 Å². The van der Waals surface area contributed by atoms with Gasteiger partial charge in [-0.15, -0.1) is 0 Å². The van der Waals surface area contributed by atoms with Crippen molar-refractivity contribution in [2.75, 3.05) is 20.4 Å². The normalized spacial score (nSPS) is 18.0. The minimum absolute atomic E-state index is 0.0451. The largest absolute Gasteiger partial charge is 0.385 e. The summed E-state index contributed by atoms with van der Waals surface area (Å²) in [4.78, 5) is 0. The number of methoxy groups -OCH3 is 1. The van der Waals surface area contributed by atoms with Crippen LogP contribution >= 0.6 is 0 Å². The van der Waals surface area contributed by atoms with E-state index in [0.29, 0.717) is 0 Å². The number of alkyl halides is 1. The molecule has 0 bridgehead atoms. The second-order valence-corrected chi connectivity index (χ2v) is 2.06. The zero-order valence-corrected chi connectivity index (χ0v) is 5.15. The van der Waals surface area contributed by atoms with Crippen LogP contribution in [0.5, 0.6) is 0 Å². The summed E-state index contributed by atoms with van der Waals surface area (Å²) < 4.78 is 16.1. The molecule has 0 heterocycles. The minimum atomic E-state index is -1.30. The molecule has 0 aromatic heterocycles. The van der Waals surface area contributed by atoms with Crippen molar-refractivity contribution < 1.29 is 14.2 Å². The maximum atomic E-state index is 11.6. The Morgan fingerprint density at radius 1 is 1.75 bits per heavy atom. The lowest BCUT2D eigenvalue weighted by atomic mass is 10.1. The van der Waals surface area contributed by atoms with E-state index < -0.39 is 12.3 Å². The molecule has 0 amide bonds. The van der Waals surface area contributed by atoms with Gasteiger partial charge in [-0.05, 0) is 6.92 Å². The molecule has 2 nitrogen and oxygen atoms in total. The lowest BCUT2D eigenvalue weighted by Gasteiger charge is -2.16. The summed E-state index contributed by atoms with van der Waals surface area (Å²) in [5.74, 6) is 0. The van der Waals surface area contributed by atoms with E-state index in [9.17, 15) is 4.39 Å². The van der Waals surface area contributed by atoms with Gasteiger partial charge in [0.2, 0.25) is 0 Å². The molecule has 0 aromatic carbocycles. The van der Waals surface area contributed by atoms with E-state index in [4.69, 9.17) is 5.11 Å². The third-order valence-electron chi connectivity index (χ3n) is 0.743. The molecule has 0 saturated heterocycles. The first-order valence-electron chi connectivity index (χ1n) is 2.39. The zero-order chi connectivity index (χ0) is 6.62. The predicted molar refractivity (Wildman–Crippen MR) is 28.5 cm³/mol. The lowest BCUT2D eigenvalue weighted by molar-refractivity contribution is -0.0326. The van der Waals surface area contributed by atoms with Gasteiger partial charge in [-0.25, -0.2) is 4.39 Å². The Balaban J connectivity index is 3.37. The molecular formula is C5H11FO2. The quantitative estimate of drug-likeness (QED) is 0.585. The fraction of sp³-hybridized carbons (Fsp3) is 1.00. The highest BCUT2D eigenvalue weighted by Gasteiger charge is 2.18. The van der Waals surface area contributed by atoms with E-state index in [0.717, 1.165) is 0 Å². The van der Waals surface area contributed by atoms with Gasteiger partial charge in [-0.2, -0.15) is 0 Å². The van der Waals surface area contributed by atoms with Crippen molar-refractivity contribution in [3.8, 4) is 0 Å². The third kappa shape index (κ3) is 2.93. The monoisotopic (exact) mass is 122 g/mol. The fourth-order valence-electron chi connectivity index (χ4n) is 0.350. The van der Waals surface area contributed by atoms with Crippen molar-refractivity contribution >= 4 is 0 Å². The smallest absolute Gasteiger partial charge is 0.120 e. The first-order valence-corrected chi connectivity index (χ1v) is 2.39. The summed E-state index contributed by atoms with van der Waals surface area (Å²) >= 11 is 0. The highest BCUT2D eigenvalue weighted by molar-refractivity contribution is 4.68. The molecule has 0 fully saturated rings. The molecule has 0 aromatic rings. The standard InChI is InChI=1S/C5H11FO2/c1-5(7,3-6)4-8-2/h7H,3-4H2,1-2H3. The molecule has 0 aliphatic heterocycles. The van der Waals surface area contributed by atoms with Gasteiger partial charge >= 0.3 is 0 Å². The fourth-order valence-corrected chi connectivity index (χ4v) is 0.350. The number of ether oxygens (including phenoxy) is 1. The maximum Gasteiger partial charge on any atom is 0.120 e. The van der Waals surface area contributed by atoms with Crippen LogP contribution < -0.4 is 0 Å². The summed E-state index contributed by atoms with van der Waals surface area (Å²) in [6.45, 7) is 0.667. The second kappa shape index (κ2) is 2.99. The van der Waals surface area contributed by atoms with Gasteiger partial charge in [0, 0.05) is 7.11 Å². The minimum Gasteiger partial charge on any atom is -0.385 e. The molecule has 8 heavy (non-hydrogen) atoms. The van der Waals surface area contributed by atoms with E-state index in [2.05, 4.69) is 4.74 Å². The van der Waals surface area contributed by atoms with Crippen LogP contribution in [0.1, 0.15) is 6.92 Å². The average Bonchev–Trinajstić information content (AvgIpc) is 1.67. The van der Waals surface area contributed by atoms with Crippen molar-refractivity contribution in [3.05, 3.63) is 0 Å². The Bertz CT molecular complexity index is 63.4. The molecule has 0 aliphatic carbocycles. The highest BCUT2D eigenvalue weighted by atomic mass is 19.1. The van der Waals surface area contributed by atoms with Gasteiger partial charge in [0.15, 0.2) is 0 Å². The number of aliphatic hydroxyl groups is 1.